The van der Waals surface area contributed by atoms with E-state index in [1.54, 1.807) is 6.92 Å². The summed E-state index contributed by atoms with van der Waals surface area (Å²) in [5.74, 6) is -1.26. The van der Waals surface area contributed by atoms with E-state index in [1.807, 2.05) is 0 Å². The Morgan fingerprint density at radius 1 is 0.929 bits per heavy atom. The van der Waals surface area contributed by atoms with Crippen molar-refractivity contribution in [1.29, 1.82) is 0 Å². The predicted molar refractivity (Wildman–Crippen MR) is 113 cm³/mol. The van der Waals surface area contributed by atoms with Gasteiger partial charge in [0.25, 0.3) is 5.91 Å². The molecule has 0 aromatic carbocycles. The third-order valence-electron chi connectivity index (χ3n) is 5.64. The molecule has 0 heterocycles. The van der Waals surface area contributed by atoms with Crippen LogP contribution in [0.5, 0.6) is 0 Å². The molecular formula is C23H41NO4. The summed E-state index contributed by atoms with van der Waals surface area (Å²) >= 11 is 0. The Kier molecular flexibility index (Phi) is 13.1. The number of aliphatic hydroxyl groups is 2. The van der Waals surface area contributed by atoms with Crippen LogP contribution < -0.4 is 5.32 Å². The van der Waals surface area contributed by atoms with Crippen LogP contribution in [-0.4, -0.2) is 40.7 Å². The zero-order valence-electron chi connectivity index (χ0n) is 18.0. The maximum absolute atomic E-state index is 11.7. The lowest BCUT2D eigenvalue weighted by molar-refractivity contribution is -0.138. The van der Waals surface area contributed by atoms with E-state index >= 15 is 0 Å². The molecule has 5 nitrogen and oxygen atoms in total. The van der Waals surface area contributed by atoms with Crippen molar-refractivity contribution in [1.82, 2.24) is 5.32 Å². The standard InChI is InChI=1S/C23H41NO4/c1-3-5-6-7-8-9-10-11-12-13-14-15-18-16-19(18)22(27)20(17-25)24-23(28)21(26)4-2/h20,22,25,27H,3-17H2,1-2H3,(H,24,28)/t20-,22+/m0/s1. The van der Waals surface area contributed by atoms with Gasteiger partial charge in [0.05, 0.1) is 18.8 Å². The first-order chi connectivity index (χ1) is 13.5. The van der Waals surface area contributed by atoms with Crippen LogP contribution in [0.25, 0.3) is 0 Å². The van der Waals surface area contributed by atoms with Crippen LogP contribution in [-0.2, 0) is 9.59 Å². The quantitative estimate of drug-likeness (QED) is 0.184. The fourth-order valence-corrected chi connectivity index (χ4v) is 3.63. The number of hydrogen-bond donors (Lipinski definition) is 3. The van der Waals surface area contributed by atoms with Crippen molar-refractivity contribution >= 4 is 11.7 Å². The molecule has 0 aromatic heterocycles. The number of hydrogen-bond acceptors (Lipinski definition) is 4. The van der Waals surface area contributed by atoms with E-state index in [0.29, 0.717) is 0 Å². The number of carbonyl (C=O) groups excluding carboxylic acids is 2. The number of nitrogens with one attached hydrogen (secondary N) is 1. The Balaban J connectivity index is 2.12. The second-order valence-electron chi connectivity index (χ2n) is 8.08. The maximum Gasteiger partial charge on any atom is 0.287 e. The number of aliphatic hydroxyl groups excluding tert-OH is 2. The molecular weight excluding hydrogens is 354 g/mol. The predicted octanol–water partition coefficient (Wildman–Crippen LogP) is 4.20. The molecule has 0 fully saturated rings. The highest BCUT2D eigenvalue weighted by Crippen LogP contribution is 2.38. The lowest BCUT2D eigenvalue weighted by Gasteiger charge is -2.20. The Hall–Kier alpha value is -1.20. The first kappa shape index (κ1) is 24.8. The van der Waals surface area contributed by atoms with Gasteiger partial charge in [0.2, 0.25) is 5.78 Å². The van der Waals surface area contributed by atoms with E-state index < -0.39 is 23.8 Å². The summed E-state index contributed by atoms with van der Waals surface area (Å²) in [4.78, 5) is 23.0. The molecule has 0 aromatic rings. The third kappa shape index (κ3) is 9.83. The second-order valence-corrected chi connectivity index (χ2v) is 8.08. The fourth-order valence-electron chi connectivity index (χ4n) is 3.63. The molecule has 28 heavy (non-hydrogen) atoms. The fraction of sp³-hybridized carbons (Fsp3) is 0.826. The number of ketones is 1. The van der Waals surface area contributed by atoms with Crippen LogP contribution in [0, 0.1) is 0 Å². The minimum absolute atomic E-state index is 0.118. The van der Waals surface area contributed by atoms with E-state index in [1.165, 1.54) is 69.8 Å². The van der Waals surface area contributed by atoms with Gasteiger partial charge >= 0.3 is 0 Å². The molecule has 1 amide bonds. The number of Topliss-reactive ketones (excluding diaryl/α,β-unsaturated/α-hetero) is 1. The van der Waals surface area contributed by atoms with Crippen molar-refractivity contribution in [2.24, 2.45) is 0 Å². The molecule has 0 saturated carbocycles. The van der Waals surface area contributed by atoms with E-state index in [2.05, 4.69) is 12.2 Å². The zero-order valence-corrected chi connectivity index (χ0v) is 18.0. The van der Waals surface area contributed by atoms with Crippen LogP contribution in [0.3, 0.4) is 0 Å². The van der Waals surface area contributed by atoms with E-state index in [4.69, 9.17) is 0 Å². The van der Waals surface area contributed by atoms with Crippen molar-refractivity contribution in [2.75, 3.05) is 6.61 Å². The summed E-state index contributed by atoms with van der Waals surface area (Å²) < 4.78 is 0. The Morgan fingerprint density at radius 3 is 1.96 bits per heavy atom. The lowest BCUT2D eigenvalue weighted by atomic mass is 10.0. The molecule has 3 N–H and O–H groups in total. The largest absolute Gasteiger partial charge is 0.394 e. The molecule has 0 saturated heterocycles. The highest BCUT2D eigenvalue weighted by atomic mass is 16.3. The van der Waals surface area contributed by atoms with Gasteiger partial charge < -0.3 is 15.5 Å². The van der Waals surface area contributed by atoms with Crippen LogP contribution in [0.4, 0.5) is 0 Å². The molecule has 1 rings (SSSR count). The molecule has 0 radical (unpaired) electrons. The topological polar surface area (TPSA) is 86.6 Å². The van der Waals surface area contributed by atoms with E-state index in [-0.39, 0.29) is 13.0 Å². The van der Waals surface area contributed by atoms with Crippen molar-refractivity contribution in [3.63, 3.8) is 0 Å². The number of allylic oxidation sites excluding steroid dienone is 1. The summed E-state index contributed by atoms with van der Waals surface area (Å²) in [5.41, 5.74) is 2.17. The minimum Gasteiger partial charge on any atom is -0.394 e. The third-order valence-corrected chi connectivity index (χ3v) is 5.64. The lowest BCUT2D eigenvalue weighted by Crippen LogP contribution is -2.48. The smallest absolute Gasteiger partial charge is 0.287 e. The summed E-state index contributed by atoms with van der Waals surface area (Å²) in [6, 6.07) is -0.798. The van der Waals surface area contributed by atoms with Crippen LogP contribution >= 0.6 is 0 Å². The maximum atomic E-state index is 11.7. The molecule has 0 aliphatic heterocycles. The molecule has 5 heteroatoms. The molecule has 1 aliphatic rings. The van der Waals surface area contributed by atoms with Crippen molar-refractivity contribution < 1.29 is 19.8 Å². The van der Waals surface area contributed by atoms with E-state index in [0.717, 1.165) is 24.8 Å². The van der Waals surface area contributed by atoms with Crippen molar-refractivity contribution in [3.05, 3.63) is 11.1 Å². The number of unbranched alkanes of at least 4 members (excludes halogenated alkanes) is 10. The first-order valence-electron chi connectivity index (χ1n) is 11.4. The summed E-state index contributed by atoms with van der Waals surface area (Å²) in [6.45, 7) is 3.49. The van der Waals surface area contributed by atoms with Gasteiger partial charge in [-0.3, -0.25) is 9.59 Å². The second kappa shape index (κ2) is 14.7. The van der Waals surface area contributed by atoms with Gasteiger partial charge in [-0.25, -0.2) is 0 Å². The monoisotopic (exact) mass is 395 g/mol. The Morgan fingerprint density at radius 2 is 1.46 bits per heavy atom. The van der Waals surface area contributed by atoms with Crippen molar-refractivity contribution in [3.8, 4) is 0 Å². The minimum atomic E-state index is -0.888. The normalized spacial score (nSPS) is 15.4. The molecule has 0 unspecified atom stereocenters. The number of amides is 1. The number of rotatable bonds is 18. The summed E-state index contributed by atoms with van der Waals surface area (Å²) in [6.07, 6.45) is 15.5. The highest BCUT2D eigenvalue weighted by molar-refractivity contribution is 6.36. The van der Waals surface area contributed by atoms with Crippen molar-refractivity contribution in [2.45, 2.75) is 116 Å². The van der Waals surface area contributed by atoms with Gasteiger partial charge in [0.1, 0.15) is 0 Å². The highest BCUT2D eigenvalue weighted by Gasteiger charge is 2.33. The van der Waals surface area contributed by atoms with Gasteiger partial charge in [-0.05, 0) is 24.8 Å². The van der Waals surface area contributed by atoms with Crippen LogP contribution in [0.15, 0.2) is 11.1 Å². The van der Waals surface area contributed by atoms with E-state index in [9.17, 15) is 19.8 Å². The summed E-state index contributed by atoms with van der Waals surface area (Å²) in [5, 5.41) is 22.2. The average Bonchev–Trinajstić information content (AvgIpc) is 3.48. The average molecular weight is 396 g/mol. The molecule has 1 aliphatic carbocycles. The van der Waals surface area contributed by atoms with Gasteiger partial charge in [-0.1, -0.05) is 83.6 Å². The first-order valence-corrected chi connectivity index (χ1v) is 11.4. The molecule has 162 valence electrons. The Bertz CT molecular complexity index is 501. The van der Waals surface area contributed by atoms with Crippen LogP contribution in [0.1, 0.15) is 104 Å². The van der Waals surface area contributed by atoms with Gasteiger partial charge in [-0.15, -0.1) is 0 Å². The Labute approximate surface area is 171 Å². The van der Waals surface area contributed by atoms with Gasteiger partial charge in [0.15, 0.2) is 0 Å². The zero-order chi connectivity index (χ0) is 20.8. The number of carbonyl (C=O) groups is 2. The molecule has 0 bridgehead atoms. The SMILES string of the molecule is CCCCCCCCCCCCCC1=C([C@@H](O)[C@H](CO)NC(=O)C(=O)CC)C1. The summed E-state index contributed by atoms with van der Waals surface area (Å²) in [7, 11) is 0. The van der Waals surface area contributed by atoms with Crippen LogP contribution in [0.2, 0.25) is 0 Å². The van der Waals surface area contributed by atoms with Gasteiger partial charge in [0, 0.05) is 6.42 Å². The van der Waals surface area contributed by atoms with Gasteiger partial charge in [-0.2, -0.15) is 0 Å². The molecule has 2 atom stereocenters. The molecule has 0 spiro atoms.